The van der Waals surface area contributed by atoms with Crippen LogP contribution in [0.2, 0.25) is 0 Å². The van der Waals surface area contributed by atoms with E-state index in [2.05, 4.69) is 4.37 Å². The van der Waals surface area contributed by atoms with Gasteiger partial charge in [-0.25, -0.2) is 0 Å². The van der Waals surface area contributed by atoms with Gasteiger partial charge in [-0.3, -0.25) is 0 Å². The maximum Gasteiger partial charge on any atom is 0.416 e. The highest BCUT2D eigenvalue weighted by Gasteiger charge is 2.30. The van der Waals surface area contributed by atoms with Crippen LogP contribution in [-0.4, -0.2) is 10.3 Å². The minimum atomic E-state index is -4.44. The molecule has 0 amide bonds. The van der Waals surface area contributed by atoms with Crippen molar-refractivity contribution in [1.82, 2.24) is 4.37 Å². The summed E-state index contributed by atoms with van der Waals surface area (Å²) in [6.07, 6.45) is -4.44. The first kappa shape index (κ1) is 12.6. The van der Waals surface area contributed by atoms with Crippen LogP contribution in [0.25, 0.3) is 11.3 Å². The van der Waals surface area contributed by atoms with Crippen LogP contribution in [0, 0.1) is 0 Å². The number of hydrogen-bond donors (Lipinski definition) is 0. The van der Waals surface area contributed by atoms with E-state index in [1.807, 2.05) is 0 Å². The van der Waals surface area contributed by atoms with Gasteiger partial charge in [0.25, 0.3) is 0 Å². The molecule has 3 nitrogen and oxygen atoms in total. The van der Waals surface area contributed by atoms with Crippen LogP contribution in [0.4, 0.5) is 13.2 Å². The predicted molar refractivity (Wildman–Crippen MR) is 56.9 cm³/mol. The Bertz CT molecular complexity index is 592. The largest absolute Gasteiger partial charge is 0.544 e. The third-order valence-corrected chi connectivity index (χ3v) is 2.97. The molecule has 0 saturated carbocycles. The fraction of sp³-hybridized carbons (Fsp3) is 0.0909. The zero-order valence-corrected chi connectivity index (χ0v) is 9.51. The Kier molecular flexibility index (Phi) is 3.08. The molecular formula is C11H5F3NO2S-. The second-order valence-electron chi connectivity index (χ2n) is 3.44. The molecule has 0 aliphatic heterocycles. The molecule has 94 valence electrons. The summed E-state index contributed by atoms with van der Waals surface area (Å²) in [5, 5.41) is 10.6. The molecule has 0 N–H and O–H groups in total. The fourth-order valence-corrected chi connectivity index (χ4v) is 1.96. The number of benzene rings is 1. The molecule has 2 aromatic rings. The normalized spacial score (nSPS) is 11.5. The average Bonchev–Trinajstić information content (AvgIpc) is 2.77. The van der Waals surface area contributed by atoms with E-state index in [1.54, 1.807) is 0 Å². The first-order valence-electron chi connectivity index (χ1n) is 4.73. The van der Waals surface area contributed by atoms with Gasteiger partial charge in [-0.1, -0.05) is 12.1 Å². The summed E-state index contributed by atoms with van der Waals surface area (Å²) in [6.45, 7) is 0. The van der Waals surface area contributed by atoms with Crippen molar-refractivity contribution >= 4 is 17.5 Å². The minimum absolute atomic E-state index is 0.123. The molecule has 0 aliphatic rings. The maximum atomic E-state index is 12.5. The molecule has 0 aliphatic carbocycles. The third kappa shape index (κ3) is 2.51. The number of nitrogens with zero attached hydrogens (tertiary/aromatic N) is 1. The van der Waals surface area contributed by atoms with E-state index in [0.29, 0.717) is 11.5 Å². The number of carbonyl (C=O) groups is 1. The van der Waals surface area contributed by atoms with Gasteiger partial charge in [-0.05, 0) is 29.7 Å². The molecule has 0 spiro atoms. The topological polar surface area (TPSA) is 53.0 Å². The monoisotopic (exact) mass is 272 g/mol. The van der Waals surface area contributed by atoms with Crippen molar-refractivity contribution in [2.45, 2.75) is 6.18 Å². The quantitative estimate of drug-likeness (QED) is 0.842. The second-order valence-corrected chi connectivity index (χ2v) is 4.25. The number of aromatic nitrogens is 1. The lowest BCUT2D eigenvalue weighted by Gasteiger charge is -2.07. The Hall–Kier alpha value is -1.89. The van der Waals surface area contributed by atoms with E-state index in [9.17, 15) is 23.1 Å². The summed E-state index contributed by atoms with van der Waals surface area (Å²) >= 11 is 0.673. The van der Waals surface area contributed by atoms with E-state index >= 15 is 0 Å². The van der Waals surface area contributed by atoms with E-state index in [4.69, 9.17) is 0 Å². The van der Waals surface area contributed by atoms with E-state index < -0.39 is 17.7 Å². The van der Waals surface area contributed by atoms with Crippen LogP contribution >= 0.6 is 11.5 Å². The summed E-state index contributed by atoms with van der Waals surface area (Å²) in [7, 11) is 0. The average molecular weight is 272 g/mol. The zero-order valence-electron chi connectivity index (χ0n) is 8.69. The van der Waals surface area contributed by atoms with Crippen LogP contribution in [0.1, 0.15) is 15.2 Å². The van der Waals surface area contributed by atoms with Crippen molar-refractivity contribution in [2.75, 3.05) is 0 Å². The van der Waals surface area contributed by atoms with Crippen LogP contribution < -0.4 is 5.11 Å². The number of halogens is 3. The number of carboxylic acids is 1. The van der Waals surface area contributed by atoms with Gasteiger partial charge in [-0.2, -0.15) is 17.5 Å². The molecule has 1 aromatic heterocycles. The molecular weight excluding hydrogens is 267 g/mol. The fourth-order valence-electron chi connectivity index (χ4n) is 1.36. The van der Waals surface area contributed by atoms with Crippen molar-refractivity contribution in [3.05, 3.63) is 40.8 Å². The van der Waals surface area contributed by atoms with Crippen molar-refractivity contribution in [3.8, 4) is 11.3 Å². The summed E-state index contributed by atoms with van der Waals surface area (Å²) in [4.78, 5) is 10.4. The molecule has 1 aromatic carbocycles. The molecule has 1 heterocycles. The molecule has 2 rings (SSSR count). The van der Waals surface area contributed by atoms with Gasteiger partial charge in [0.2, 0.25) is 0 Å². The molecule has 0 radical (unpaired) electrons. The SMILES string of the molecule is O=C([O-])c1cc(-c2cccc(C(F)(F)F)c2)ns1. The molecule has 0 atom stereocenters. The highest BCUT2D eigenvalue weighted by atomic mass is 32.1. The second kappa shape index (κ2) is 4.41. The number of carbonyl (C=O) groups excluding carboxylic acids is 1. The number of aromatic carboxylic acids is 1. The molecule has 0 fully saturated rings. The van der Waals surface area contributed by atoms with Gasteiger partial charge >= 0.3 is 6.18 Å². The zero-order chi connectivity index (χ0) is 13.3. The van der Waals surface area contributed by atoms with Crippen molar-refractivity contribution in [1.29, 1.82) is 0 Å². The predicted octanol–water partition coefficient (Wildman–Crippen LogP) is 2.19. The van der Waals surface area contributed by atoms with Crippen molar-refractivity contribution < 1.29 is 23.1 Å². The first-order valence-corrected chi connectivity index (χ1v) is 5.51. The lowest BCUT2D eigenvalue weighted by Crippen LogP contribution is -2.20. The number of alkyl halides is 3. The Balaban J connectivity index is 2.41. The lowest BCUT2D eigenvalue weighted by molar-refractivity contribution is -0.254. The Morgan fingerprint density at radius 3 is 2.56 bits per heavy atom. The van der Waals surface area contributed by atoms with Gasteiger partial charge in [-0.15, -0.1) is 0 Å². The summed E-state index contributed by atoms with van der Waals surface area (Å²) < 4.78 is 41.3. The number of carboxylic acid groups (broad SMARTS) is 1. The van der Waals surface area contributed by atoms with Crippen LogP contribution in [0.15, 0.2) is 30.3 Å². The van der Waals surface area contributed by atoms with Crippen molar-refractivity contribution in [2.24, 2.45) is 0 Å². The van der Waals surface area contributed by atoms with Crippen molar-refractivity contribution in [3.63, 3.8) is 0 Å². The van der Waals surface area contributed by atoms with Gasteiger partial charge in [0.1, 0.15) is 0 Å². The highest BCUT2D eigenvalue weighted by Crippen LogP contribution is 2.32. The molecule has 7 heteroatoms. The Morgan fingerprint density at radius 1 is 1.28 bits per heavy atom. The van der Waals surface area contributed by atoms with E-state index in [-0.39, 0.29) is 16.1 Å². The van der Waals surface area contributed by atoms with Crippen LogP contribution in [0.5, 0.6) is 0 Å². The van der Waals surface area contributed by atoms with Gasteiger partial charge in [0.05, 0.1) is 22.1 Å². The first-order chi connectivity index (χ1) is 8.38. The summed E-state index contributed by atoms with van der Waals surface area (Å²) in [5.41, 5.74) is -0.401. The van der Waals surface area contributed by atoms with E-state index in [0.717, 1.165) is 12.1 Å². The molecule has 18 heavy (non-hydrogen) atoms. The lowest BCUT2D eigenvalue weighted by atomic mass is 10.1. The molecule has 0 bridgehead atoms. The van der Waals surface area contributed by atoms with E-state index in [1.165, 1.54) is 18.2 Å². The van der Waals surface area contributed by atoms with Gasteiger partial charge in [0, 0.05) is 5.56 Å². The number of hydrogen-bond acceptors (Lipinski definition) is 4. The summed E-state index contributed by atoms with van der Waals surface area (Å²) in [5.74, 6) is -1.40. The van der Waals surface area contributed by atoms with Gasteiger partial charge in [0.15, 0.2) is 0 Å². The molecule has 0 unspecified atom stereocenters. The number of rotatable bonds is 2. The smallest absolute Gasteiger partial charge is 0.416 e. The van der Waals surface area contributed by atoms with Crippen LogP contribution in [0.3, 0.4) is 0 Å². The third-order valence-electron chi connectivity index (χ3n) is 2.20. The highest BCUT2D eigenvalue weighted by molar-refractivity contribution is 7.08. The van der Waals surface area contributed by atoms with Gasteiger partial charge < -0.3 is 9.90 Å². The summed E-state index contributed by atoms with van der Waals surface area (Å²) in [6, 6.07) is 5.73. The minimum Gasteiger partial charge on any atom is -0.544 e. The maximum absolute atomic E-state index is 12.5. The standard InChI is InChI=1S/C11H6F3NO2S/c12-11(13,14)7-3-1-2-6(4-7)8-5-9(10(16)17)18-15-8/h1-5H,(H,16,17)/p-1. The molecule has 0 saturated heterocycles. The van der Waals surface area contributed by atoms with Crippen LogP contribution in [-0.2, 0) is 6.18 Å². The Labute approximate surface area is 104 Å². The Morgan fingerprint density at radius 2 is 2.00 bits per heavy atom.